The second-order valence-corrected chi connectivity index (χ2v) is 15.0. The molecule has 0 atom stereocenters. The van der Waals surface area contributed by atoms with Crippen molar-refractivity contribution in [3.63, 3.8) is 0 Å². The second kappa shape index (κ2) is 17.9. The third-order valence-electron chi connectivity index (χ3n) is 11.2. The third kappa shape index (κ3) is 8.50. The van der Waals surface area contributed by atoms with Gasteiger partial charge in [0.2, 0.25) is 0 Å². The Balaban J connectivity index is 0.973. The molecule has 0 amide bonds. The zero-order chi connectivity index (χ0) is 41.4. The van der Waals surface area contributed by atoms with E-state index in [0.717, 1.165) is 74.3 Å². The van der Waals surface area contributed by atoms with Crippen molar-refractivity contribution in [2.24, 2.45) is 0 Å². The molecule has 9 aromatic carbocycles. The van der Waals surface area contributed by atoms with Crippen LogP contribution in [0.2, 0.25) is 0 Å². The highest BCUT2D eigenvalue weighted by Gasteiger charge is 2.16. The van der Waals surface area contributed by atoms with Crippen molar-refractivity contribution in [3.8, 4) is 22.3 Å². The topological polar surface area (TPSA) is 9.72 Å². The molecule has 0 aliphatic carbocycles. The van der Waals surface area contributed by atoms with Crippen LogP contribution in [0.3, 0.4) is 0 Å². The molecule has 0 bridgehead atoms. The predicted octanol–water partition coefficient (Wildman–Crippen LogP) is 16.6. The number of hydrogen-bond acceptors (Lipinski definition) is 3. The molecule has 3 nitrogen and oxygen atoms in total. The Hall–Kier alpha value is -7.88. The normalized spacial score (nSPS) is 10.8. The van der Waals surface area contributed by atoms with Crippen LogP contribution in [-0.4, -0.2) is 0 Å². The van der Waals surface area contributed by atoms with Crippen LogP contribution in [0, 0.1) is 0 Å². The van der Waals surface area contributed by atoms with Gasteiger partial charge in [-0.2, -0.15) is 0 Å². The predicted molar refractivity (Wildman–Crippen MR) is 261 cm³/mol. The average Bonchev–Trinajstić information content (AvgIpc) is 3.34. The van der Waals surface area contributed by atoms with Gasteiger partial charge < -0.3 is 14.7 Å². The van der Waals surface area contributed by atoms with Crippen LogP contribution in [0.1, 0.15) is 18.1 Å². The van der Waals surface area contributed by atoms with Crippen molar-refractivity contribution in [1.29, 1.82) is 0 Å². The maximum Gasteiger partial charge on any atom is 0.0467 e. The molecule has 61 heavy (non-hydrogen) atoms. The average molecular weight is 786 g/mol. The van der Waals surface area contributed by atoms with E-state index in [2.05, 4.69) is 265 Å². The van der Waals surface area contributed by atoms with Gasteiger partial charge in [0.1, 0.15) is 0 Å². The lowest BCUT2D eigenvalue weighted by Gasteiger charge is -2.26. The second-order valence-electron chi connectivity index (χ2n) is 15.0. The fourth-order valence-corrected chi connectivity index (χ4v) is 7.99. The van der Waals surface area contributed by atoms with E-state index in [0.29, 0.717) is 0 Å². The maximum absolute atomic E-state index is 3.99. The van der Waals surface area contributed by atoms with Crippen LogP contribution >= 0.6 is 0 Å². The Morgan fingerprint density at radius 3 is 0.951 bits per heavy atom. The standard InChI is InChI=1S/C58H47N3/c1-3-44-16-14-24-57(42-44)60(51-20-10-6-11-21-51)55-38-30-48(31-39-55)46-26-34-53(35-27-46)59(50-18-8-5-9-19-50)54-36-28-47(29-37-54)49-32-40-56(41-33-49)61(52-22-12-7-13-23-52)58-25-15-17-45(4-2)43-58/h3,5-43H,1,4H2,2H3. The van der Waals surface area contributed by atoms with Gasteiger partial charge in [0.15, 0.2) is 0 Å². The van der Waals surface area contributed by atoms with Gasteiger partial charge in [-0.1, -0.05) is 147 Å². The van der Waals surface area contributed by atoms with Crippen molar-refractivity contribution < 1.29 is 0 Å². The summed E-state index contributed by atoms with van der Waals surface area (Å²) < 4.78 is 0. The summed E-state index contributed by atoms with van der Waals surface area (Å²) >= 11 is 0. The highest BCUT2D eigenvalue weighted by molar-refractivity contribution is 5.83. The van der Waals surface area contributed by atoms with Crippen LogP contribution in [0.4, 0.5) is 51.2 Å². The summed E-state index contributed by atoms with van der Waals surface area (Å²) in [5.74, 6) is 0. The van der Waals surface area contributed by atoms with Crippen molar-refractivity contribution in [2.45, 2.75) is 13.3 Å². The molecule has 294 valence electrons. The van der Waals surface area contributed by atoms with Gasteiger partial charge in [0.25, 0.3) is 0 Å². The molecule has 0 radical (unpaired) electrons. The van der Waals surface area contributed by atoms with E-state index in [1.54, 1.807) is 0 Å². The Morgan fingerprint density at radius 2 is 0.607 bits per heavy atom. The van der Waals surface area contributed by atoms with Gasteiger partial charge in [0.05, 0.1) is 0 Å². The summed E-state index contributed by atoms with van der Waals surface area (Å²) in [7, 11) is 0. The fourth-order valence-electron chi connectivity index (χ4n) is 7.99. The number of aryl methyl sites for hydroxylation is 1. The molecule has 0 fully saturated rings. The van der Waals surface area contributed by atoms with Gasteiger partial charge in [0, 0.05) is 51.2 Å². The lowest BCUT2D eigenvalue weighted by molar-refractivity contribution is 1.13. The number of hydrogen-bond donors (Lipinski definition) is 0. The summed E-state index contributed by atoms with van der Waals surface area (Å²) in [4.78, 5) is 6.93. The molecule has 0 heterocycles. The number of nitrogens with zero attached hydrogens (tertiary/aromatic N) is 3. The summed E-state index contributed by atoms with van der Waals surface area (Å²) in [5.41, 5.74) is 17.0. The smallest absolute Gasteiger partial charge is 0.0467 e. The first-order valence-electron chi connectivity index (χ1n) is 20.9. The minimum atomic E-state index is 0.996. The molecule has 0 aliphatic heterocycles. The van der Waals surface area contributed by atoms with Crippen molar-refractivity contribution in [1.82, 2.24) is 0 Å². The Labute approximate surface area is 360 Å². The van der Waals surface area contributed by atoms with Crippen LogP contribution in [-0.2, 0) is 6.42 Å². The summed E-state index contributed by atoms with van der Waals surface area (Å²) in [6.45, 7) is 6.19. The quantitative estimate of drug-likeness (QED) is 0.115. The summed E-state index contributed by atoms with van der Waals surface area (Å²) in [6.07, 6.45) is 2.89. The van der Waals surface area contributed by atoms with Gasteiger partial charge in [-0.3, -0.25) is 0 Å². The molecule has 3 heteroatoms. The Bertz CT molecular complexity index is 2820. The zero-order valence-corrected chi connectivity index (χ0v) is 34.3. The van der Waals surface area contributed by atoms with E-state index in [4.69, 9.17) is 0 Å². The van der Waals surface area contributed by atoms with Crippen LogP contribution in [0.25, 0.3) is 28.3 Å². The molecular formula is C58H47N3. The van der Waals surface area contributed by atoms with Crippen LogP contribution in [0.5, 0.6) is 0 Å². The maximum atomic E-state index is 3.99. The summed E-state index contributed by atoms with van der Waals surface area (Å²) in [6, 6.07) is 84.4. The Morgan fingerprint density at radius 1 is 0.311 bits per heavy atom. The van der Waals surface area contributed by atoms with Crippen molar-refractivity contribution in [3.05, 3.63) is 254 Å². The molecule has 0 unspecified atom stereocenters. The van der Waals surface area contributed by atoms with Gasteiger partial charge >= 0.3 is 0 Å². The molecule has 0 N–H and O–H groups in total. The first-order valence-corrected chi connectivity index (χ1v) is 20.9. The van der Waals surface area contributed by atoms with Crippen molar-refractivity contribution in [2.75, 3.05) is 14.7 Å². The molecule has 0 aromatic heterocycles. The van der Waals surface area contributed by atoms with E-state index in [-0.39, 0.29) is 0 Å². The molecule has 0 saturated carbocycles. The first-order chi connectivity index (χ1) is 30.1. The van der Waals surface area contributed by atoms with Crippen LogP contribution in [0.15, 0.2) is 243 Å². The Kier molecular flexibility index (Phi) is 11.4. The molecule has 0 spiro atoms. The molecule has 0 saturated heterocycles. The van der Waals surface area contributed by atoms with Gasteiger partial charge in [-0.05, 0) is 149 Å². The SMILES string of the molecule is C=Cc1cccc(N(c2ccccc2)c2ccc(-c3ccc(N(c4ccccc4)c4ccc(-c5ccc(N(c6ccccc6)c6cccc(CC)c6)cc5)cc4)cc3)cc2)c1. The number of anilines is 9. The monoisotopic (exact) mass is 785 g/mol. The van der Waals surface area contributed by atoms with E-state index in [1.165, 1.54) is 16.7 Å². The molecular weight excluding hydrogens is 739 g/mol. The summed E-state index contributed by atoms with van der Waals surface area (Å²) in [5, 5.41) is 0. The highest BCUT2D eigenvalue weighted by Crippen LogP contribution is 2.40. The van der Waals surface area contributed by atoms with Crippen LogP contribution < -0.4 is 14.7 Å². The molecule has 0 aliphatic rings. The molecule has 9 aromatic rings. The number of benzene rings is 9. The number of para-hydroxylation sites is 3. The third-order valence-corrected chi connectivity index (χ3v) is 11.2. The van der Waals surface area contributed by atoms with E-state index >= 15 is 0 Å². The van der Waals surface area contributed by atoms with E-state index in [1.807, 2.05) is 6.08 Å². The van der Waals surface area contributed by atoms with Gasteiger partial charge in [-0.15, -0.1) is 0 Å². The fraction of sp³-hybridized carbons (Fsp3) is 0.0345. The lowest BCUT2D eigenvalue weighted by Crippen LogP contribution is -2.10. The first kappa shape index (κ1) is 38.6. The highest BCUT2D eigenvalue weighted by atomic mass is 15.2. The van der Waals surface area contributed by atoms with E-state index in [9.17, 15) is 0 Å². The zero-order valence-electron chi connectivity index (χ0n) is 34.3. The minimum Gasteiger partial charge on any atom is -0.311 e. The minimum absolute atomic E-state index is 0.996. The lowest BCUT2D eigenvalue weighted by atomic mass is 10.0. The van der Waals surface area contributed by atoms with Gasteiger partial charge in [-0.25, -0.2) is 0 Å². The van der Waals surface area contributed by atoms with Crippen molar-refractivity contribution >= 4 is 57.3 Å². The number of rotatable bonds is 13. The van der Waals surface area contributed by atoms with E-state index < -0.39 is 0 Å². The largest absolute Gasteiger partial charge is 0.311 e. The molecule has 9 rings (SSSR count).